The Balaban J connectivity index is 1.96. The monoisotopic (exact) mass is 321 g/mol. The maximum absolute atomic E-state index is 6.23. The second-order valence-corrected chi connectivity index (χ2v) is 5.55. The molecule has 3 aromatic rings. The lowest BCUT2D eigenvalue weighted by Gasteiger charge is -2.17. The van der Waals surface area contributed by atoms with Gasteiger partial charge in [0.25, 0.3) is 0 Å². The number of nitrogen functional groups attached to an aromatic ring is 1. The molecular weight excluding hydrogens is 309 g/mol. The highest BCUT2D eigenvalue weighted by Crippen LogP contribution is 2.29. The third-order valence-electron chi connectivity index (χ3n) is 3.17. The molecule has 21 heavy (non-hydrogen) atoms. The second-order valence-electron chi connectivity index (χ2n) is 4.70. The molecule has 0 fully saturated rings. The van der Waals surface area contributed by atoms with Gasteiger partial charge in [-0.25, -0.2) is 9.97 Å². The Morgan fingerprint density at radius 1 is 1.33 bits per heavy atom. The van der Waals surface area contributed by atoms with Gasteiger partial charge in [0.15, 0.2) is 11.5 Å². The first kappa shape index (κ1) is 14.0. The van der Waals surface area contributed by atoms with Gasteiger partial charge < -0.3 is 15.5 Å². The minimum Gasteiger partial charge on any atom is -0.382 e. The molecule has 3 N–H and O–H groups in total. The summed E-state index contributed by atoms with van der Waals surface area (Å²) in [6.45, 7) is 1.99. The van der Waals surface area contributed by atoms with E-state index in [-0.39, 0.29) is 6.04 Å². The fourth-order valence-electron chi connectivity index (χ4n) is 2.18. The minimum atomic E-state index is -0.0652. The highest BCUT2D eigenvalue weighted by Gasteiger charge is 2.13. The van der Waals surface area contributed by atoms with Gasteiger partial charge in [-0.1, -0.05) is 29.3 Å². The third-order valence-corrected chi connectivity index (χ3v) is 3.74. The van der Waals surface area contributed by atoms with Gasteiger partial charge in [0, 0.05) is 22.4 Å². The van der Waals surface area contributed by atoms with E-state index in [9.17, 15) is 0 Å². The average molecular weight is 322 g/mol. The van der Waals surface area contributed by atoms with E-state index in [0.29, 0.717) is 27.3 Å². The number of hydrogen-bond donors (Lipinski definition) is 2. The molecule has 2 heterocycles. The van der Waals surface area contributed by atoms with E-state index in [2.05, 4.69) is 15.3 Å². The second kappa shape index (κ2) is 5.42. The Labute approximate surface area is 131 Å². The molecule has 5 nitrogen and oxygen atoms in total. The summed E-state index contributed by atoms with van der Waals surface area (Å²) in [6, 6.07) is 5.34. The van der Waals surface area contributed by atoms with Crippen molar-refractivity contribution in [3.8, 4) is 0 Å². The molecule has 0 aliphatic rings. The summed E-state index contributed by atoms with van der Waals surface area (Å²) < 4.78 is 1.82. The van der Waals surface area contributed by atoms with Crippen LogP contribution < -0.4 is 11.1 Å². The van der Waals surface area contributed by atoms with Gasteiger partial charge in [0.1, 0.15) is 5.82 Å². The summed E-state index contributed by atoms with van der Waals surface area (Å²) in [6.07, 6.45) is 5.23. The van der Waals surface area contributed by atoms with Crippen LogP contribution in [0.2, 0.25) is 10.0 Å². The Kier molecular flexibility index (Phi) is 3.61. The molecule has 0 radical (unpaired) electrons. The van der Waals surface area contributed by atoms with Crippen LogP contribution in [-0.4, -0.2) is 14.4 Å². The van der Waals surface area contributed by atoms with Gasteiger partial charge in [-0.05, 0) is 24.6 Å². The Morgan fingerprint density at radius 2 is 2.14 bits per heavy atom. The standard InChI is InChI=1S/C14H13Cl2N5/c1-8(10-3-2-9(15)6-11(10)16)19-13-14-18-4-5-21(14)7-12(17)20-13/h2-8H,17H2,1H3,(H,19,20). The molecule has 1 aromatic carbocycles. The van der Waals surface area contributed by atoms with Crippen LogP contribution in [0.25, 0.3) is 5.65 Å². The van der Waals surface area contributed by atoms with E-state index in [1.807, 2.05) is 23.6 Å². The zero-order chi connectivity index (χ0) is 15.0. The number of imidazole rings is 1. The number of fused-ring (bicyclic) bond motifs is 1. The topological polar surface area (TPSA) is 68.2 Å². The van der Waals surface area contributed by atoms with Crippen LogP contribution in [0.4, 0.5) is 11.6 Å². The van der Waals surface area contributed by atoms with E-state index in [4.69, 9.17) is 28.9 Å². The lowest BCUT2D eigenvalue weighted by atomic mass is 10.1. The number of anilines is 2. The number of nitrogens with one attached hydrogen (secondary N) is 1. The lowest BCUT2D eigenvalue weighted by molar-refractivity contribution is 0.873. The molecule has 1 unspecified atom stereocenters. The number of nitrogens with zero attached hydrogens (tertiary/aromatic N) is 3. The highest BCUT2D eigenvalue weighted by molar-refractivity contribution is 6.35. The van der Waals surface area contributed by atoms with Crippen molar-refractivity contribution in [2.45, 2.75) is 13.0 Å². The SMILES string of the molecule is CC(Nc1nc(N)cn2ccnc12)c1ccc(Cl)cc1Cl. The highest BCUT2D eigenvalue weighted by atomic mass is 35.5. The van der Waals surface area contributed by atoms with Crippen molar-refractivity contribution >= 4 is 40.5 Å². The van der Waals surface area contributed by atoms with Gasteiger partial charge >= 0.3 is 0 Å². The molecule has 1 atom stereocenters. The van der Waals surface area contributed by atoms with Gasteiger partial charge in [-0.2, -0.15) is 0 Å². The van der Waals surface area contributed by atoms with E-state index < -0.39 is 0 Å². The molecular formula is C14H13Cl2N5. The summed E-state index contributed by atoms with van der Waals surface area (Å²) in [5.41, 5.74) is 7.44. The normalized spacial score (nSPS) is 12.5. The number of aromatic nitrogens is 3. The predicted octanol–water partition coefficient (Wildman–Crippen LogP) is 3.79. The molecule has 3 rings (SSSR count). The molecule has 2 aromatic heterocycles. The lowest BCUT2D eigenvalue weighted by Crippen LogP contribution is -2.11. The molecule has 0 amide bonds. The van der Waals surface area contributed by atoms with E-state index in [1.165, 1.54) is 0 Å². The van der Waals surface area contributed by atoms with Gasteiger partial charge in [0.05, 0.1) is 12.2 Å². The van der Waals surface area contributed by atoms with Gasteiger partial charge in [0.2, 0.25) is 0 Å². The van der Waals surface area contributed by atoms with Crippen molar-refractivity contribution < 1.29 is 0 Å². The smallest absolute Gasteiger partial charge is 0.180 e. The minimum absolute atomic E-state index is 0.0652. The van der Waals surface area contributed by atoms with Crippen molar-refractivity contribution in [1.82, 2.24) is 14.4 Å². The Bertz CT molecular complexity index is 799. The maximum atomic E-state index is 6.23. The van der Waals surface area contributed by atoms with Crippen LogP contribution >= 0.6 is 23.2 Å². The van der Waals surface area contributed by atoms with Crippen molar-refractivity contribution in [2.24, 2.45) is 0 Å². The van der Waals surface area contributed by atoms with Crippen molar-refractivity contribution in [2.75, 3.05) is 11.1 Å². The zero-order valence-electron chi connectivity index (χ0n) is 11.2. The number of benzene rings is 1. The largest absolute Gasteiger partial charge is 0.382 e. The van der Waals surface area contributed by atoms with Crippen LogP contribution in [0.3, 0.4) is 0 Å². The number of nitrogens with two attached hydrogens (primary N) is 1. The molecule has 0 aliphatic carbocycles. The molecule has 0 aliphatic heterocycles. The summed E-state index contributed by atoms with van der Waals surface area (Å²) in [5, 5.41) is 4.49. The predicted molar refractivity (Wildman–Crippen MR) is 85.9 cm³/mol. The number of rotatable bonds is 3. The van der Waals surface area contributed by atoms with Crippen LogP contribution in [-0.2, 0) is 0 Å². The third kappa shape index (κ3) is 2.75. The summed E-state index contributed by atoms with van der Waals surface area (Å²) in [4.78, 5) is 8.57. The van der Waals surface area contributed by atoms with Crippen LogP contribution in [0.1, 0.15) is 18.5 Å². The fourth-order valence-corrected chi connectivity index (χ4v) is 2.76. The first-order valence-electron chi connectivity index (χ1n) is 6.35. The van der Waals surface area contributed by atoms with E-state index in [0.717, 1.165) is 5.56 Å². The first-order chi connectivity index (χ1) is 10.0. The summed E-state index contributed by atoms with van der Waals surface area (Å²) in [5.74, 6) is 1.02. The molecule has 7 heteroatoms. The van der Waals surface area contributed by atoms with Crippen molar-refractivity contribution in [1.29, 1.82) is 0 Å². The fraction of sp³-hybridized carbons (Fsp3) is 0.143. The van der Waals surface area contributed by atoms with Crippen molar-refractivity contribution in [3.63, 3.8) is 0 Å². The molecule has 0 saturated heterocycles. The van der Waals surface area contributed by atoms with Crippen LogP contribution in [0.15, 0.2) is 36.8 Å². The van der Waals surface area contributed by atoms with Crippen LogP contribution in [0, 0.1) is 0 Å². The first-order valence-corrected chi connectivity index (χ1v) is 7.11. The Morgan fingerprint density at radius 3 is 2.90 bits per heavy atom. The molecule has 0 spiro atoms. The van der Waals surface area contributed by atoms with E-state index in [1.54, 1.807) is 24.5 Å². The van der Waals surface area contributed by atoms with Gasteiger partial charge in [-0.3, -0.25) is 0 Å². The quantitative estimate of drug-likeness (QED) is 0.770. The molecule has 0 saturated carbocycles. The average Bonchev–Trinajstić information content (AvgIpc) is 2.86. The van der Waals surface area contributed by atoms with Gasteiger partial charge in [-0.15, -0.1) is 0 Å². The van der Waals surface area contributed by atoms with Crippen LogP contribution in [0.5, 0.6) is 0 Å². The number of hydrogen-bond acceptors (Lipinski definition) is 4. The molecule has 108 valence electrons. The summed E-state index contributed by atoms with van der Waals surface area (Å²) >= 11 is 12.1. The summed E-state index contributed by atoms with van der Waals surface area (Å²) in [7, 11) is 0. The number of halogens is 2. The Hall–Kier alpha value is -1.98. The molecule has 0 bridgehead atoms. The maximum Gasteiger partial charge on any atom is 0.180 e. The van der Waals surface area contributed by atoms with E-state index >= 15 is 0 Å². The van der Waals surface area contributed by atoms with Crippen molar-refractivity contribution in [3.05, 3.63) is 52.4 Å². The zero-order valence-corrected chi connectivity index (χ0v) is 12.7.